The number of para-hydroxylation sites is 1. The van der Waals surface area contributed by atoms with E-state index in [1.54, 1.807) is 0 Å². The molecule has 1 atom stereocenters. The van der Waals surface area contributed by atoms with Crippen molar-refractivity contribution < 1.29 is 4.79 Å². The number of carbonyl (C=O) groups excluding carboxylic acids is 1. The first-order valence-electron chi connectivity index (χ1n) is 7.82. The first-order chi connectivity index (χ1) is 11.2. The predicted octanol–water partition coefficient (Wildman–Crippen LogP) is 3.43. The predicted molar refractivity (Wildman–Crippen MR) is 96.5 cm³/mol. The number of aromatic nitrogens is 2. The fourth-order valence-electron chi connectivity index (χ4n) is 2.52. The zero-order valence-electron chi connectivity index (χ0n) is 13.3. The van der Waals surface area contributed by atoms with E-state index in [9.17, 15) is 4.79 Å². The highest BCUT2D eigenvalue weighted by Gasteiger charge is 2.25. The normalized spacial score (nSPS) is 17.0. The molecular weight excluding hydrogens is 328 g/mol. The Kier molecular flexibility index (Phi) is 5.17. The second-order valence-corrected chi connectivity index (χ2v) is 7.80. The van der Waals surface area contributed by atoms with E-state index in [4.69, 9.17) is 0 Å². The second-order valence-electron chi connectivity index (χ2n) is 5.40. The molecule has 1 aromatic carbocycles. The van der Waals surface area contributed by atoms with E-state index in [0.29, 0.717) is 16.9 Å². The van der Waals surface area contributed by atoms with Gasteiger partial charge in [0.05, 0.1) is 12.2 Å². The molecule has 0 fully saturated rings. The van der Waals surface area contributed by atoms with Gasteiger partial charge < -0.3 is 4.90 Å². The van der Waals surface area contributed by atoms with Crippen LogP contribution in [0, 0.1) is 0 Å². The summed E-state index contributed by atoms with van der Waals surface area (Å²) in [5.74, 6) is -0.0413. The Labute approximate surface area is 144 Å². The van der Waals surface area contributed by atoms with Crippen molar-refractivity contribution in [2.24, 2.45) is 0 Å². The lowest BCUT2D eigenvalue weighted by Crippen LogP contribution is -2.40. The molecule has 0 spiro atoms. The first kappa shape index (κ1) is 16.3. The molecule has 0 bridgehead atoms. The smallest absolute Gasteiger partial charge is 0.245 e. The van der Waals surface area contributed by atoms with E-state index in [0.717, 1.165) is 30.1 Å². The van der Waals surface area contributed by atoms with Gasteiger partial charge in [-0.15, -0.1) is 22.0 Å². The number of amides is 1. The Morgan fingerprint density at radius 2 is 2.17 bits per heavy atom. The zero-order chi connectivity index (χ0) is 16.2. The summed E-state index contributed by atoms with van der Waals surface area (Å²) >= 11 is 3.34. The SMILES string of the molecule is CCc1nnc(NC(=O)CN2CC(CC)Sc3ccccc32)s1. The summed E-state index contributed by atoms with van der Waals surface area (Å²) in [7, 11) is 0. The minimum absolute atomic E-state index is 0.0413. The topological polar surface area (TPSA) is 58.1 Å². The third-order valence-electron chi connectivity index (χ3n) is 3.73. The van der Waals surface area contributed by atoms with Gasteiger partial charge in [-0.1, -0.05) is 37.3 Å². The molecular formula is C16H20N4OS2. The van der Waals surface area contributed by atoms with Gasteiger partial charge in [0.15, 0.2) is 0 Å². The Morgan fingerprint density at radius 3 is 2.91 bits per heavy atom. The van der Waals surface area contributed by atoms with Crippen molar-refractivity contribution in [1.29, 1.82) is 0 Å². The van der Waals surface area contributed by atoms with Gasteiger partial charge in [-0.3, -0.25) is 10.1 Å². The van der Waals surface area contributed by atoms with Gasteiger partial charge in [-0.05, 0) is 25.0 Å². The molecule has 1 amide bonds. The van der Waals surface area contributed by atoms with E-state index in [1.165, 1.54) is 16.2 Å². The molecule has 2 aromatic rings. The molecule has 0 saturated carbocycles. The van der Waals surface area contributed by atoms with E-state index in [-0.39, 0.29) is 5.91 Å². The fourth-order valence-corrected chi connectivity index (χ4v) is 4.47. The van der Waals surface area contributed by atoms with Crippen LogP contribution in [0.1, 0.15) is 25.3 Å². The number of fused-ring (bicyclic) bond motifs is 1. The number of nitrogens with zero attached hydrogens (tertiary/aromatic N) is 3. The van der Waals surface area contributed by atoms with Crippen LogP contribution in [0.2, 0.25) is 0 Å². The molecule has 122 valence electrons. The van der Waals surface area contributed by atoms with Crippen molar-refractivity contribution in [2.75, 3.05) is 23.3 Å². The highest BCUT2D eigenvalue weighted by Crippen LogP contribution is 2.39. The molecule has 7 heteroatoms. The van der Waals surface area contributed by atoms with Gasteiger partial charge in [0.1, 0.15) is 5.01 Å². The molecule has 3 rings (SSSR count). The largest absolute Gasteiger partial charge is 0.360 e. The first-order valence-corrected chi connectivity index (χ1v) is 9.52. The van der Waals surface area contributed by atoms with Gasteiger partial charge in [0, 0.05) is 16.7 Å². The summed E-state index contributed by atoms with van der Waals surface area (Å²) in [6.45, 7) is 5.45. The second kappa shape index (κ2) is 7.31. The van der Waals surface area contributed by atoms with E-state index >= 15 is 0 Å². The van der Waals surface area contributed by atoms with Crippen LogP contribution in [0.15, 0.2) is 29.2 Å². The van der Waals surface area contributed by atoms with Gasteiger partial charge in [-0.25, -0.2) is 0 Å². The Morgan fingerprint density at radius 1 is 1.35 bits per heavy atom. The number of benzene rings is 1. The molecule has 1 aliphatic heterocycles. The number of thioether (sulfide) groups is 1. The number of aryl methyl sites for hydroxylation is 1. The number of hydrogen-bond donors (Lipinski definition) is 1. The van der Waals surface area contributed by atoms with Crippen molar-refractivity contribution in [3.8, 4) is 0 Å². The molecule has 0 aliphatic carbocycles. The van der Waals surface area contributed by atoms with Crippen molar-refractivity contribution in [3.63, 3.8) is 0 Å². The van der Waals surface area contributed by atoms with Crippen molar-refractivity contribution >= 4 is 39.8 Å². The minimum Gasteiger partial charge on any atom is -0.360 e. The fraction of sp³-hybridized carbons (Fsp3) is 0.438. The van der Waals surface area contributed by atoms with Crippen molar-refractivity contribution in [3.05, 3.63) is 29.3 Å². The average molecular weight is 348 g/mol. The van der Waals surface area contributed by atoms with Crippen LogP contribution >= 0.6 is 23.1 Å². The van der Waals surface area contributed by atoms with Crippen LogP contribution in [0.3, 0.4) is 0 Å². The van der Waals surface area contributed by atoms with Gasteiger partial charge in [0.2, 0.25) is 11.0 Å². The molecule has 0 radical (unpaired) electrons. The highest BCUT2D eigenvalue weighted by atomic mass is 32.2. The van der Waals surface area contributed by atoms with Crippen LogP contribution in [-0.4, -0.2) is 34.4 Å². The van der Waals surface area contributed by atoms with Crippen LogP contribution in [0.5, 0.6) is 0 Å². The molecule has 1 aliphatic rings. The van der Waals surface area contributed by atoms with Gasteiger partial charge in [0.25, 0.3) is 0 Å². The zero-order valence-corrected chi connectivity index (χ0v) is 14.9. The third kappa shape index (κ3) is 3.84. The van der Waals surface area contributed by atoms with Crippen LogP contribution in [-0.2, 0) is 11.2 Å². The summed E-state index contributed by atoms with van der Waals surface area (Å²) in [5, 5.41) is 12.9. The molecule has 1 unspecified atom stereocenters. The number of rotatable bonds is 5. The van der Waals surface area contributed by atoms with Crippen LogP contribution in [0.25, 0.3) is 0 Å². The summed E-state index contributed by atoms with van der Waals surface area (Å²) < 4.78 is 0. The molecule has 23 heavy (non-hydrogen) atoms. The van der Waals surface area contributed by atoms with E-state index < -0.39 is 0 Å². The number of nitrogens with one attached hydrogen (secondary N) is 1. The summed E-state index contributed by atoms with van der Waals surface area (Å²) in [6, 6.07) is 8.29. The molecule has 5 nitrogen and oxygen atoms in total. The lowest BCUT2D eigenvalue weighted by atomic mass is 10.2. The lowest BCUT2D eigenvalue weighted by molar-refractivity contribution is -0.115. The quantitative estimate of drug-likeness (QED) is 0.897. The number of anilines is 2. The Hall–Kier alpha value is -1.60. The maximum absolute atomic E-state index is 12.4. The average Bonchev–Trinajstić information content (AvgIpc) is 3.02. The van der Waals surface area contributed by atoms with E-state index in [2.05, 4.69) is 45.5 Å². The standard InChI is InChI=1S/C16H20N4OS2/c1-3-11-9-20(12-7-5-6-8-13(12)22-11)10-14(21)17-16-19-18-15(4-2)23-16/h5-8,11H,3-4,9-10H2,1-2H3,(H,17,19,21). The third-order valence-corrected chi connectivity index (χ3v) is 6.13. The molecule has 2 heterocycles. The van der Waals surface area contributed by atoms with E-state index in [1.807, 2.05) is 24.8 Å². The summed E-state index contributed by atoms with van der Waals surface area (Å²) in [5.41, 5.74) is 1.14. The monoisotopic (exact) mass is 348 g/mol. The summed E-state index contributed by atoms with van der Waals surface area (Å²) in [4.78, 5) is 15.8. The van der Waals surface area contributed by atoms with Crippen molar-refractivity contribution in [2.45, 2.75) is 36.8 Å². The van der Waals surface area contributed by atoms with Gasteiger partial charge in [-0.2, -0.15) is 0 Å². The maximum atomic E-state index is 12.4. The maximum Gasteiger partial charge on any atom is 0.245 e. The lowest BCUT2D eigenvalue weighted by Gasteiger charge is -2.34. The minimum atomic E-state index is -0.0413. The van der Waals surface area contributed by atoms with Crippen molar-refractivity contribution in [1.82, 2.24) is 10.2 Å². The Bertz CT molecular complexity index is 688. The number of carbonyl (C=O) groups is 1. The molecule has 1 N–H and O–H groups in total. The van der Waals surface area contributed by atoms with Crippen LogP contribution in [0.4, 0.5) is 10.8 Å². The molecule has 0 saturated heterocycles. The highest BCUT2D eigenvalue weighted by molar-refractivity contribution is 8.00. The van der Waals surface area contributed by atoms with Crippen LogP contribution < -0.4 is 10.2 Å². The number of hydrogen-bond acceptors (Lipinski definition) is 6. The summed E-state index contributed by atoms with van der Waals surface area (Å²) in [6.07, 6.45) is 1.93. The molecule has 1 aromatic heterocycles. The Balaban J connectivity index is 1.69. The van der Waals surface area contributed by atoms with Gasteiger partial charge >= 0.3 is 0 Å².